The van der Waals surface area contributed by atoms with Crippen LogP contribution in [-0.4, -0.2) is 53.3 Å². The molecule has 2 fully saturated rings. The van der Waals surface area contributed by atoms with Gasteiger partial charge >= 0.3 is 0 Å². The summed E-state index contributed by atoms with van der Waals surface area (Å²) in [5.74, 6) is 2.04. The van der Waals surface area contributed by atoms with Gasteiger partial charge in [-0.25, -0.2) is 0 Å². The van der Waals surface area contributed by atoms with Crippen molar-refractivity contribution >= 4 is 5.91 Å². The maximum absolute atomic E-state index is 12.7. The van der Waals surface area contributed by atoms with E-state index in [0.29, 0.717) is 25.0 Å². The third kappa shape index (κ3) is 4.09. The Hall–Kier alpha value is -1.47. The molecule has 3 rings (SSSR count). The summed E-state index contributed by atoms with van der Waals surface area (Å²) in [7, 11) is 0. The minimum Gasteiger partial charge on any atom is -0.381 e. The van der Waals surface area contributed by atoms with Crippen molar-refractivity contribution in [3.63, 3.8) is 0 Å². The van der Waals surface area contributed by atoms with Gasteiger partial charge in [0.2, 0.25) is 11.8 Å². The molecule has 0 saturated carbocycles. The molecule has 2 N–H and O–H groups in total. The summed E-state index contributed by atoms with van der Waals surface area (Å²) in [6, 6.07) is -0.398. The van der Waals surface area contributed by atoms with Crippen molar-refractivity contribution in [3.8, 4) is 0 Å². The molecule has 1 amide bonds. The molecule has 3 heterocycles. The Labute approximate surface area is 136 Å². The number of hydrogen-bond acceptors (Lipinski definition) is 6. The number of aromatic nitrogens is 2. The van der Waals surface area contributed by atoms with E-state index in [-0.39, 0.29) is 11.8 Å². The van der Waals surface area contributed by atoms with Crippen molar-refractivity contribution in [2.24, 2.45) is 17.6 Å². The molecule has 0 aliphatic carbocycles. The number of hydrogen-bond donors (Lipinski definition) is 1. The van der Waals surface area contributed by atoms with Crippen LogP contribution in [0.3, 0.4) is 0 Å². The molecule has 0 radical (unpaired) electrons. The maximum atomic E-state index is 12.7. The normalized spacial score (nSPS) is 24.6. The fourth-order valence-corrected chi connectivity index (χ4v) is 3.60. The standard InChI is InChI=1S/C16H26N4O3/c1-11-18-14(19-23-11)9-12-3-2-6-20(10-12)16(21)15(17)13-4-7-22-8-5-13/h12-13,15H,2-10,17H2,1H3. The van der Waals surface area contributed by atoms with E-state index in [1.54, 1.807) is 6.92 Å². The summed E-state index contributed by atoms with van der Waals surface area (Å²) in [6.07, 6.45) is 4.61. The van der Waals surface area contributed by atoms with Crippen LogP contribution in [0.25, 0.3) is 0 Å². The predicted octanol–water partition coefficient (Wildman–Crippen LogP) is 0.913. The third-order valence-electron chi connectivity index (χ3n) is 4.93. The van der Waals surface area contributed by atoms with Crippen molar-refractivity contribution in [1.82, 2.24) is 15.0 Å². The first-order chi connectivity index (χ1) is 11.1. The van der Waals surface area contributed by atoms with Crippen LogP contribution in [0.2, 0.25) is 0 Å². The number of ether oxygens (including phenoxy) is 1. The largest absolute Gasteiger partial charge is 0.381 e. The van der Waals surface area contributed by atoms with E-state index in [4.69, 9.17) is 15.0 Å². The van der Waals surface area contributed by atoms with Gasteiger partial charge < -0.3 is 19.9 Å². The van der Waals surface area contributed by atoms with Gasteiger partial charge in [0.1, 0.15) is 0 Å². The highest BCUT2D eigenvalue weighted by molar-refractivity contribution is 5.82. The lowest BCUT2D eigenvalue weighted by Gasteiger charge is -2.36. The topological polar surface area (TPSA) is 94.5 Å². The zero-order chi connectivity index (χ0) is 16.2. The van der Waals surface area contributed by atoms with Gasteiger partial charge in [0.05, 0.1) is 6.04 Å². The third-order valence-corrected chi connectivity index (χ3v) is 4.93. The molecular weight excluding hydrogens is 296 g/mol. The Bertz CT molecular complexity index is 527. The molecule has 2 aliphatic rings. The van der Waals surface area contributed by atoms with Gasteiger partial charge in [0.25, 0.3) is 0 Å². The molecular formula is C16H26N4O3. The predicted molar refractivity (Wildman–Crippen MR) is 83.6 cm³/mol. The van der Waals surface area contributed by atoms with Crippen LogP contribution >= 0.6 is 0 Å². The molecule has 128 valence electrons. The van der Waals surface area contributed by atoms with Crippen LogP contribution in [0.5, 0.6) is 0 Å². The van der Waals surface area contributed by atoms with Crippen molar-refractivity contribution < 1.29 is 14.1 Å². The highest BCUT2D eigenvalue weighted by atomic mass is 16.5. The highest BCUT2D eigenvalue weighted by Crippen LogP contribution is 2.23. The number of carbonyl (C=O) groups excluding carboxylic acids is 1. The molecule has 0 spiro atoms. The van der Waals surface area contributed by atoms with Crippen LogP contribution in [-0.2, 0) is 16.0 Å². The number of nitrogens with zero attached hydrogens (tertiary/aromatic N) is 3. The fourth-order valence-electron chi connectivity index (χ4n) is 3.60. The van der Waals surface area contributed by atoms with Crippen molar-refractivity contribution in [3.05, 3.63) is 11.7 Å². The fraction of sp³-hybridized carbons (Fsp3) is 0.812. The molecule has 1 aromatic rings. The quantitative estimate of drug-likeness (QED) is 0.885. The minimum absolute atomic E-state index is 0.0888. The summed E-state index contributed by atoms with van der Waals surface area (Å²) < 4.78 is 10.4. The number of nitrogens with two attached hydrogens (primary N) is 1. The molecule has 7 heteroatoms. The van der Waals surface area contributed by atoms with Gasteiger partial charge in [0, 0.05) is 39.6 Å². The van der Waals surface area contributed by atoms with Crippen molar-refractivity contribution in [2.75, 3.05) is 26.3 Å². The smallest absolute Gasteiger partial charge is 0.239 e. The van der Waals surface area contributed by atoms with E-state index in [2.05, 4.69) is 10.1 Å². The zero-order valence-electron chi connectivity index (χ0n) is 13.7. The second-order valence-electron chi connectivity index (χ2n) is 6.70. The molecule has 0 aromatic carbocycles. The number of aryl methyl sites for hydroxylation is 1. The second kappa shape index (κ2) is 7.40. The van der Waals surface area contributed by atoms with Crippen LogP contribution in [0.1, 0.15) is 37.4 Å². The molecule has 7 nitrogen and oxygen atoms in total. The first-order valence-corrected chi connectivity index (χ1v) is 8.55. The molecule has 2 atom stereocenters. The van der Waals surface area contributed by atoms with Gasteiger partial charge in [-0.1, -0.05) is 5.16 Å². The summed E-state index contributed by atoms with van der Waals surface area (Å²) in [4.78, 5) is 18.9. The summed E-state index contributed by atoms with van der Waals surface area (Å²) in [5, 5.41) is 3.96. The second-order valence-corrected chi connectivity index (χ2v) is 6.70. The summed E-state index contributed by atoms with van der Waals surface area (Å²) >= 11 is 0. The average Bonchev–Trinajstić information content (AvgIpc) is 2.99. The first-order valence-electron chi connectivity index (χ1n) is 8.55. The van der Waals surface area contributed by atoms with E-state index in [1.165, 1.54) is 0 Å². The molecule has 2 aliphatic heterocycles. The SMILES string of the molecule is Cc1nc(CC2CCCN(C(=O)C(N)C3CCOCC3)C2)no1. The monoisotopic (exact) mass is 322 g/mol. The molecule has 2 unspecified atom stereocenters. The Morgan fingerprint density at radius 2 is 2.17 bits per heavy atom. The lowest BCUT2D eigenvalue weighted by atomic mass is 9.89. The maximum Gasteiger partial charge on any atom is 0.239 e. The van der Waals surface area contributed by atoms with Gasteiger partial charge in [-0.2, -0.15) is 4.98 Å². The summed E-state index contributed by atoms with van der Waals surface area (Å²) in [5.41, 5.74) is 6.24. The van der Waals surface area contributed by atoms with E-state index in [1.807, 2.05) is 4.90 Å². The number of carbonyl (C=O) groups is 1. The van der Waals surface area contributed by atoms with Crippen LogP contribution in [0.15, 0.2) is 4.52 Å². The van der Waals surface area contributed by atoms with Gasteiger partial charge in [-0.15, -0.1) is 0 Å². The van der Waals surface area contributed by atoms with E-state index < -0.39 is 6.04 Å². The molecule has 0 bridgehead atoms. The number of likely N-dealkylation sites (tertiary alicyclic amines) is 1. The Balaban J connectivity index is 1.55. The minimum atomic E-state index is -0.398. The van der Waals surface area contributed by atoms with Crippen molar-refractivity contribution in [2.45, 2.75) is 45.1 Å². The molecule has 2 saturated heterocycles. The Morgan fingerprint density at radius 1 is 1.39 bits per heavy atom. The number of rotatable bonds is 4. The molecule has 1 aromatic heterocycles. The van der Waals surface area contributed by atoms with Crippen molar-refractivity contribution in [1.29, 1.82) is 0 Å². The van der Waals surface area contributed by atoms with Gasteiger partial charge in [-0.05, 0) is 37.5 Å². The van der Waals surface area contributed by atoms with E-state index in [9.17, 15) is 4.79 Å². The lowest BCUT2D eigenvalue weighted by Crippen LogP contribution is -2.52. The Kier molecular flexibility index (Phi) is 5.27. The zero-order valence-corrected chi connectivity index (χ0v) is 13.7. The highest BCUT2D eigenvalue weighted by Gasteiger charge is 2.32. The first kappa shape index (κ1) is 16.4. The van der Waals surface area contributed by atoms with E-state index in [0.717, 1.165) is 51.0 Å². The number of amides is 1. The Morgan fingerprint density at radius 3 is 2.87 bits per heavy atom. The lowest BCUT2D eigenvalue weighted by molar-refractivity contribution is -0.136. The van der Waals surface area contributed by atoms with Crippen LogP contribution in [0.4, 0.5) is 0 Å². The van der Waals surface area contributed by atoms with Crippen LogP contribution in [0, 0.1) is 18.8 Å². The average molecular weight is 322 g/mol. The molecule has 23 heavy (non-hydrogen) atoms. The van der Waals surface area contributed by atoms with Gasteiger partial charge in [-0.3, -0.25) is 4.79 Å². The van der Waals surface area contributed by atoms with E-state index >= 15 is 0 Å². The van der Waals surface area contributed by atoms with Crippen LogP contribution < -0.4 is 5.73 Å². The van der Waals surface area contributed by atoms with Gasteiger partial charge in [0.15, 0.2) is 5.82 Å². The summed E-state index contributed by atoms with van der Waals surface area (Å²) in [6.45, 7) is 4.76. The number of piperidine rings is 1.